The van der Waals surface area contributed by atoms with E-state index in [2.05, 4.69) is 50.4 Å². The summed E-state index contributed by atoms with van der Waals surface area (Å²) in [5, 5.41) is 2.99. The third kappa shape index (κ3) is 4.91. The van der Waals surface area contributed by atoms with Crippen LogP contribution in [0.2, 0.25) is 0 Å². The Morgan fingerprint density at radius 2 is 1.78 bits per heavy atom. The Labute approximate surface area is 111 Å². The van der Waals surface area contributed by atoms with Crippen LogP contribution in [0.4, 0.5) is 0 Å². The second-order valence-electron chi connectivity index (χ2n) is 5.27. The number of nitrogens with one attached hydrogen (secondary N) is 1. The van der Waals surface area contributed by atoms with Gasteiger partial charge in [-0.3, -0.25) is 4.79 Å². The molecule has 18 heavy (non-hydrogen) atoms. The van der Waals surface area contributed by atoms with Crippen molar-refractivity contribution in [2.75, 3.05) is 0 Å². The number of carbonyl (C=O) groups is 1. The smallest absolute Gasteiger partial charge is 0.220 e. The standard InChI is InChI=1S/C16H25NO/c1-5-13(4)17-16(18)11-8-14-6-9-15(10-7-14)12(2)3/h6-7,9-10,12-13H,5,8,11H2,1-4H3,(H,17,18)/t13-/m0/s1. The molecule has 0 aromatic heterocycles. The van der Waals surface area contributed by atoms with Crippen LogP contribution < -0.4 is 5.32 Å². The van der Waals surface area contributed by atoms with E-state index in [4.69, 9.17) is 0 Å². The van der Waals surface area contributed by atoms with Crippen molar-refractivity contribution in [1.29, 1.82) is 0 Å². The predicted molar refractivity (Wildman–Crippen MR) is 76.7 cm³/mol. The average molecular weight is 247 g/mol. The van der Waals surface area contributed by atoms with E-state index in [9.17, 15) is 4.79 Å². The van der Waals surface area contributed by atoms with Gasteiger partial charge < -0.3 is 5.32 Å². The monoisotopic (exact) mass is 247 g/mol. The van der Waals surface area contributed by atoms with Crippen LogP contribution in [0.3, 0.4) is 0 Å². The third-order valence-corrected chi connectivity index (χ3v) is 3.31. The first kappa shape index (κ1) is 14.7. The van der Waals surface area contributed by atoms with Crippen LogP contribution in [0.1, 0.15) is 57.6 Å². The van der Waals surface area contributed by atoms with E-state index < -0.39 is 0 Å². The van der Waals surface area contributed by atoms with E-state index in [1.165, 1.54) is 11.1 Å². The normalized spacial score (nSPS) is 12.5. The molecule has 2 heteroatoms. The number of hydrogen-bond donors (Lipinski definition) is 1. The molecule has 0 radical (unpaired) electrons. The van der Waals surface area contributed by atoms with E-state index in [-0.39, 0.29) is 11.9 Å². The molecule has 0 saturated heterocycles. The van der Waals surface area contributed by atoms with Gasteiger partial charge in [0.25, 0.3) is 0 Å². The Kier molecular flexibility index (Phi) is 5.90. The average Bonchev–Trinajstić information content (AvgIpc) is 2.36. The third-order valence-electron chi connectivity index (χ3n) is 3.31. The first-order valence-electron chi connectivity index (χ1n) is 6.91. The summed E-state index contributed by atoms with van der Waals surface area (Å²) < 4.78 is 0. The summed E-state index contributed by atoms with van der Waals surface area (Å²) in [5.74, 6) is 0.713. The van der Waals surface area contributed by atoms with Crippen LogP contribution in [0.5, 0.6) is 0 Å². The first-order valence-corrected chi connectivity index (χ1v) is 6.91. The minimum Gasteiger partial charge on any atom is -0.354 e. The maximum Gasteiger partial charge on any atom is 0.220 e. The lowest BCUT2D eigenvalue weighted by molar-refractivity contribution is -0.121. The number of benzene rings is 1. The van der Waals surface area contributed by atoms with Gasteiger partial charge in [-0.1, -0.05) is 45.0 Å². The molecular formula is C16H25NO. The van der Waals surface area contributed by atoms with Gasteiger partial charge in [0.1, 0.15) is 0 Å². The van der Waals surface area contributed by atoms with E-state index in [1.54, 1.807) is 0 Å². The van der Waals surface area contributed by atoms with Gasteiger partial charge >= 0.3 is 0 Å². The van der Waals surface area contributed by atoms with Crippen molar-refractivity contribution in [3.05, 3.63) is 35.4 Å². The lowest BCUT2D eigenvalue weighted by Gasteiger charge is -2.11. The SMILES string of the molecule is CC[C@H](C)NC(=O)CCc1ccc(C(C)C)cc1. The highest BCUT2D eigenvalue weighted by Gasteiger charge is 2.06. The highest BCUT2D eigenvalue weighted by Crippen LogP contribution is 2.15. The molecule has 1 aromatic carbocycles. The molecule has 0 fully saturated rings. The summed E-state index contributed by atoms with van der Waals surface area (Å²) in [5.41, 5.74) is 2.58. The van der Waals surface area contributed by atoms with Crippen LogP contribution in [0.15, 0.2) is 24.3 Å². The molecule has 0 aliphatic heterocycles. The topological polar surface area (TPSA) is 29.1 Å². The molecule has 1 N–H and O–H groups in total. The van der Waals surface area contributed by atoms with E-state index in [1.807, 2.05) is 6.92 Å². The van der Waals surface area contributed by atoms with Crippen molar-refractivity contribution in [3.63, 3.8) is 0 Å². The summed E-state index contributed by atoms with van der Waals surface area (Å²) in [4.78, 5) is 11.6. The van der Waals surface area contributed by atoms with Gasteiger partial charge in [0.2, 0.25) is 5.91 Å². The maximum atomic E-state index is 11.6. The lowest BCUT2D eigenvalue weighted by atomic mass is 10.0. The Morgan fingerprint density at radius 1 is 1.17 bits per heavy atom. The van der Waals surface area contributed by atoms with Crippen molar-refractivity contribution in [3.8, 4) is 0 Å². The van der Waals surface area contributed by atoms with Gasteiger partial charge in [0.15, 0.2) is 0 Å². The Bertz CT molecular complexity index is 367. The van der Waals surface area contributed by atoms with Gasteiger partial charge in [-0.2, -0.15) is 0 Å². The van der Waals surface area contributed by atoms with Crippen LogP contribution in [0, 0.1) is 0 Å². The molecule has 0 heterocycles. The van der Waals surface area contributed by atoms with Crippen molar-refractivity contribution in [1.82, 2.24) is 5.32 Å². The number of aryl methyl sites for hydroxylation is 1. The highest BCUT2D eigenvalue weighted by molar-refractivity contribution is 5.76. The molecule has 0 unspecified atom stereocenters. The molecule has 0 aliphatic rings. The largest absolute Gasteiger partial charge is 0.354 e. The Hall–Kier alpha value is -1.31. The molecule has 1 rings (SSSR count). The second kappa shape index (κ2) is 7.20. The van der Waals surface area contributed by atoms with Gasteiger partial charge in [0, 0.05) is 12.5 Å². The molecule has 0 aliphatic carbocycles. The quantitative estimate of drug-likeness (QED) is 0.816. The zero-order valence-electron chi connectivity index (χ0n) is 12.0. The summed E-state index contributed by atoms with van der Waals surface area (Å²) in [6.07, 6.45) is 2.38. The summed E-state index contributed by atoms with van der Waals surface area (Å²) >= 11 is 0. The summed E-state index contributed by atoms with van der Waals surface area (Å²) in [6, 6.07) is 8.86. The van der Waals surface area contributed by atoms with Crippen molar-refractivity contribution in [2.45, 2.75) is 58.9 Å². The van der Waals surface area contributed by atoms with E-state index in [0.29, 0.717) is 12.3 Å². The number of rotatable bonds is 6. The fraction of sp³-hybridized carbons (Fsp3) is 0.562. The molecule has 2 nitrogen and oxygen atoms in total. The molecular weight excluding hydrogens is 222 g/mol. The highest BCUT2D eigenvalue weighted by atomic mass is 16.1. The summed E-state index contributed by atoms with van der Waals surface area (Å²) in [7, 11) is 0. The Morgan fingerprint density at radius 3 is 2.28 bits per heavy atom. The molecule has 1 atom stereocenters. The number of carbonyl (C=O) groups excluding carboxylic acids is 1. The molecule has 0 saturated carbocycles. The minimum absolute atomic E-state index is 0.150. The van der Waals surface area contributed by atoms with Gasteiger partial charge in [-0.15, -0.1) is 0 Å². The van der Waals surface area contributed by atoms with Gasteiger partial charge in [-0.05, 0) is 36.8 Å². The fourth-order valence-electron chi connectivity index (χ4n) is 1.78. The van der Waals surface area contributed by atoms with Crippen LogP contribution in [-0.2, 0) is 11.2 Å². The van der Waals surface area contributed by atoms with Crippen molar-refractivity contribution in [2.24, 2.45) is 0 Å². The van der Waals surface area contributed by atoms with Crippen LogP contribution in [-0.4, -0.2) is 11.9 Å². The maximum absolute atomic E-state index is 11.6. The van der Waals surface area contributed by atoms with E-state index >= 15 is 0 Å². The van der Waals surface area contributed by atoms with Gasteiger partial charge in [-0.25, -0.2) is 0 Å². The minimum atomic E-state index is 0.150. The molecule has 0 bridgehead atoms. The van der Waals surface area contributed by atoms with E-state index in [0.717, 1.165) is 12.8 Å². The van der Waals surface area contributed by atoms with Crippen LogP contribution in [0.25, 0.3) is 0 Å². The van der Waals surface area contributed by atoms with Crippen LogP contribution >= 0.6 is 0 Å². The summed E-state index contributed by atoms with van der Waals surface area (Å²) in [6.45, 7) is 8.49. The predicted octanol–water partition coefficient (Wildman–Crippen LogP) is 3.66. The molecule has 1 aromatic rings. The Balaban J connectivity index is 2.41. The van der Waals surface area contributed by atoms with Crippen molar-refractivity contribution >= 4 is 5.91 Å². The number of amides is 1. The van der Waals surface area contributed by atoms with Crippen molar-refractivity contribution < 1.29 is 4.79 Å². The first-order chi connectivity index (χ1) is 8.52. The zero-order valence-corrected chi connectivity index (χ0v) is 12.0. The fourth-order valence-corrected chi connectivity index (χ4v) is 1.78. The number of hydrogen-bond acceptors (Lipinski definition) is 1. The zero-order chi connectivity index (χ0) is 13.5. The molecule has 1 amide bonds. The molecule has 0 spiro atoms. The second-order valence-corrected chi connectivity index (χ2v) is 5.27. The lowest BCUT2D eigenvalue weighted by Crippen LogP contribution is -2.31. The molecule has 100 valence electrons. The van der Waals surface area contributed by atoms with Gasteiger partial charge in [0.05, 0.1) is 0 Å².